The van der Waals surface area contributed by atoms with E-state index in [-0.39, 0.29) is 23.9 Å². The van der Waals surface area contributed by atoms with Crippen molar-refractivity contribution in [3.63, 3.8) is 0 Å². The van der Waals surface area contributed by atoms with Crippen molar-refractivity contribution < 1.29 is 9.59 Å². The molecule has 5 rings (SSSR count). The number of pyridine rings is 1. The molecule has 3 aliphatic heterocycles. The van der Waals surface area contributed by atoms with E-state index in [2.05, 4.69) is 37.9 Å². The number of likely N-dealkylation sites (tertiary alicyclic amines) is 3. The number of hydrogen-bond donors (Lipinski definition) is 0. The lowest BCUT2D eigenvalue weighted by atomic mass is 9.94. The molecule has 2 aromatic rings. The van der Waals surface area contributed by atoms with Gasteiger partial charge in [-0.15, -0.1) is 0 Å². The summed E-state index contributed by atoms with van der Waals surface area (Å²) in [6.45, 7) is 4.16. The van der Waals surface area contributed by atoms with Crippen LogP contribution in [-0.2, 0) is 22.7 Å². The van der Waals surface area contributed by atoms with Crippen LogP contribution in [0.15, 0.2) is 54.7 Å². The van der Waals surface area contributed by atoms with Gasteiger partial charge in [0.1, 0.15) is 0 Å². The summed E-state index contributed by atoms with van der Waals surface area (Å²) in [5.74, 6) is 0.655. The first-order valence-electron chi connectivity index (χ1n) is 12.4. The predicted octanol–water partition coefficient (Wildman–Crippen LogP) is 3.48. The van der Waals surface area contributed by atoms with E-state index in [0.717, 1.165) is 69.5 Å². The standard InChI is InChI=1S/C27H34N4O2/c32-26-11-6-10-24-25(31(26)19-21-7-2-1-3-8-21)14-18-30(24)27(33)22-12-16-29(17-13-22)20-23-9-4-5-15-28-23/h1-5,7-9,15,22,24-25H,6,10-14,16-20H2/t24-,25-/m1/s1. The molecule has 174 valence electrons. The second-order valence-electron chi connectivity index (χ2n) is 9.73. The summed E-state index contributed by atoms with van der Waals surface area (Å²) in [6, 6.07) is 16.6. The van der Waals surface area contributed by atoms with Gasteiger partial charge in [-0.3, -0.25) is 19.5 Å². The molecule has 1 aromatic carbocycles. The largest absolute Gasteiger partial charge is 0.337 e. The number of aromatic nitrogens is 1. The minimum atomic E-state index is 0.102. The van der Waals surface area contributed by atoms with Crippen molar-refractivity contribution in [2.24, 2.45) is 5.92 Å². The lowest BCUT2D eigenvalue weighted by Crippen LogP contribution is -2.49. The van der Waals surface area contributed by atoms with Crippen molar-refractivity contribution in [3.05, 3.63) is 66.0 Å². The summed E-state index contributed by atoms with van der Waals surface area (Å²) in [6.07, 6.45) is 6.96. The number of rotatable bonds is 5. The Morgan fingerprint density at radius 3 is 2.42 bits per heavy atom. The molecule has 3 saturated heterocycles. The Morgan fingerprint density at radius 1 is 0.879 bits per heavy atom. The topological polar surface area (TPSA) is 56.8 Å². The third-order valence-corrected chi connectivity index (χ3v) is 7.65. The molecule has 0 spiro atoms. The molecule has 0 unspecified atom stereocenters. The third kappa shape index (κ3) is 4.96. The Bertz CT molecular complexity index is 943. The van der Waals surface area contributed by atoms with Crippen molar-refractivity contribution in [1.82, 2.24) is 19.7 Å². The first-order chi connectivity index (χ1) is 16.2. The molecule has 0 aliphatic carbocycles. The first-order valence-corrected chi connectivity index (χ1v) is 12.4. The smallest absolute Gasteiger partial charge is 0.226 e. The van der Waals surface area contributed by atoms with Gasteiger partial charge in [0.15, 0.2) is 0 Å². The maximum Gasteiger partial charge on any atom is 0.226 e. The third-order valence-electron chi connectivity index (χ3n) is 7.65. The molecule has 2 amide bonds. The second-order valence-corrected chi connectivity index (χ2v) is 9.73. The fraction of sp³-hybridized carbons (Fsp3) is 0.519. The van der Waals surface area contributed by atoms with Crippen molar-refractivity contribution in [2.75, 3.05) is 19.6 Å². The summed E-state index contributed by atoms with van der Waals surface area (Å²) in [5.41, 5.74) is 2.25. The van der Waals surface area contributed by atoms with Crippen LogP contribution in [0, 0.1) is 5.92 Å². The van der Waals surface area contributed by atoms with Crippen molar-refractivity contribution in [3.8, 4) is 0 Å². The average Bonchev–Trinajstić information content (AvgIpc) is 3.20. The van der Waals surface area contributed by atoms with Crippen LogP contribution in [0.4, 0.5) is 0 Å². The average molecular weight is 447 g/mol. The lowest BCUT2D eigenvalue weighted by Gasteiger charge is -2.37. The summed E-state index contributed by atoms with van der Waals surface area (Å²) in [5, 5.41) is 0. The Morgan fingerprint density at radius 2 is 1.67 bits per heavy atom. The van der Waals surface area contributed by atoms with E-state index in [1.54, 1.807) is 0 Å². The van der Waals surface area contributed by atoms with Crippen LogP contribution in [0.5, 0.6) is 0 Å². The zero-order chi connectivity index (χ0) is 22.6. The maximum atomic E-state index is 13.6. The molecule has 0 saturated carbocycles. The Kier molecular flexibility index (Phi) is 6.72. The normalized spacial score (nSPS) is 24.5. The highest BCUT2D eigenvalue weighted by Gasteiger charge is 2.44. The number of nitrogens with zero attached hydrogens (tertiary/aromatic N) is 4. The molecule has 0 N–H and O–H groups in total. The molecule has 6 heteroatoms. The maximum absolute atomic E-state index is 13.6. The van der Waals surface area contributed by atoms with E-state index in [1.807, 2.05) is 36.5 Å². The molecule has 6 nitrogen and oxygen atoms in total. The molecule has 0 radical (unpaired) electrons. The van der Waals surface area contributed by atoms with Crippen LogP contribution in [0.2, 0.25) is 0 Å². The fourth-order valence-corrected chi connectivity index (χ4v) is 5.89. The van der Waals surface area contributed by atoms with E-state index in [0.29, 0.717) is 18.9 Å². The number of piperidine rings is 1. The van der Waals surface area contributed by atoms with Crippen LogP contribution in [0.3, 0.4) is 0 Å². The van der Waals surface area contributed by atoms with Gasteiger partial charge in [0.05, 0.1) is 17.8 Å². The van der Waals surface area contributed by atoms with Gasteiger partial charge in [-0.1, -0.05) is 36.4 Å². The van der Waals surface area contributed by atoms with Crippen LogP contribution in [0.1, 0.15) is 49.8 Å². The zero-order valence-electron chi connectivity index (χ0n) is 19.3. The van der Waals surface area contributed by atoms with Gasteiger partial charge in [0.2, 0.25) is 11.8 Å². The van der Waals surface area contributed by atoms with E-state index in [9.17, 15) is 9.59 Å². The number of amides is 2. The molecule has 3 fully saturated rings. The molecular formula is C27H34N4O2. The van der Waals surface area contributed by atoms with E-state index in [1.165, 1.54) is 0 Å². The van der Waals surface area contributed by atoms with Crippen LogP contribution >= 0.6 is 0 Å². The van der Waals surface area contributed by atoms with Crippen LogP contribution < -0.4 is 0 Å². The highest BCUT2D eigenvalue weighted by Crippen LogP contribution is 2.34. The minimum absolute atomic E-state index is 0.102. The lowest BCUT2D eigenvalue weighted by molar-refractivity contribution is -0.140. The Balaban J connectivity index is 1.21. The molecule has 33 heavy (non-hydrogen) atoms. The first kappa shape index (κ1) is 22.1. The Labute approximate surface area is 196 Å². The van der Waals surface area contributed by atoms with Crippen LogP contribution in [-0.4, -0.2) is 63.2 Å². The van der Waals surface area contributed by atoms with Gasteiger partial charge in [0.25, 0.3) is 0 Å². The number of carbonyl (C=O) groups excluding carboxylic acids is 2. The summed E-state index contributed by atoms with van der Waals surface area (Å²) in [4.78, 5) is 37.6. The molecular weight excluding hydrogens is 412 g/mol. The summed E-state index contributed by atoms with van der Waals surface area (Å²) in [7, 11) is 0. The minimum Gasteiger partial charge on any atom is -0.337 e. The second kappa shape index (κ2) is 10.0. The van der Waals surface area contributed by atoms with Gasteiger partial charge in [0, 0.05) is 38.2 Å². The fourth-order valence-electron chi connectivity index (χ4n) is 5.89. The van der Waals surface area contributed by atoms with Gasteiger partial charge in [-0.2, -0.15) is 0 Å². The highest BCUT2D eigenvalue weighted by molar-refractivity contribution is 5.81. The van der Waals surface area contributed by atoms with E-state index >= 15 is 0 Å². The highest BCUT2D eigenvalue weighted by atomic mass is 16.2. The van der Waals surface area contributed by atoms with Crippen molar-refractivity contribution in [2.45, 2.75) is 63.7 Å². The molecule has 1 aromatic heterocycles. The van der Waals surface area contributed by atoms with E-state index in [4.69, 9.17) is 0 Å². The molecule has 2 atom stereocenters. The SMILES string of the molecule is O=C1CCC[C@@H]2[C@@H](CCN2C(=O)C2CCN(Cc3ccccn3)CC2)N1Cc1ccccc1. The number of benzene rings is 1. The monoisotopic (exact) mass is 446 g/mol. The quantitative estimate of drug-likeness (QED) is 0.706. The Hall–Kier alpha value is -2.73. The number of fused-ring (bicyclic) bond motifs is 1. The molecule has 4 heterocycles. The van der Waals surface area contributed by atoms with Crippen LogP contribution in [0.25, 0.3) is 0 Å². The van der Waals surface area contributed by atoms with E-state index < -0.39 is 0 Å². The summed E-state index contributed by atoms with van der Waals surface area (Å²) < 4.78 is 0. The zero-order valence-corrected chi connectivity index (χ0v) is 19.3. The molecule has 0 bridgehead atoms. The van der Waals surface area contributed by atoms with Crippen molar-refractivity contribution >= 4 is 11.8 Å². The summed E-state index contributed by atoms with van der Waals surface area (Å²) >= 11 is 0. The van der Waals surface area contributed by atoms with Gasteiger partial charge >= 0.3 is 0 Å². The van der Waals surface area contributed by atoms with Crippen molar-refractivity contribution in [1.29, 1.82) is 0 Å². The van der Waals surface area contributed by atoms with Gasteiger partial charge < -0.3 is 9.80 Å². The number of hydrogen-bond acceptors (Lipinski definition) is 4. The van der Waals surface area contributed by atoms with Gasteiger partial charge in [-0.05, 0) is 62.9 Å². The molecule has 3 aliphatic rings. The van der Waals surface area contributed by atoms with Gasteiger partial charge in [-0.25, -0.2) is 0 Å². The predicted molar refractivity (Wildman–Crippen MR) is 127 cm³/mol. The number of carbonyl (C=O) groups is 2.